The standard InChI is InChI=1S/C16H17N3O2/c20-15(18-13-5-6-13)11-17-16(21)12-3-7-14(8-4-12)19-9-1-2-10-19/h1-4,7-10,13H,5-6,11H2,(H,17,21)(H,18,20). The van der Waals surface area contributed by atoms with E-state index in [1.54, 1.807) is 12.1 Å². The van der Waals surface area contributed by atoms with Gasteiger partial charge < -0.3 is 15.2 Å². The van der Waals surface area contributed by atoms with Gasteiger partial charge in [-0.2, -0.15) is 0 Å². The lowest BCUT2D eigenvalue weighted by Crippen LogP contribution is -2.37. The maximum absolute atomic E-state index is 12.0. The molecule has 0 spiro atoms. The van der Waals surface area contributed by atoms with Crippen molar-refractivity contribution < 1.29 is 9.59 Å². The third kappa shape index (κ3) is 3.51. The van der Waals surface area contributed by atoms with E-state index in [2.05, 4.69) is 10.6 Å². The number of benzene rings is 1. The molecule has 0 bridgehead atoms. The van der Waals surface area contributed by atoms with Gasteiger partial charge >= 0.3 is 0 Å². The Balaban J connectivity index is 1.55. The lowest BCUT2D eigenvalue weighted by Gasteiger charge is -2.07. The molecule has 0 atom stereocenters. The molecule has 2 amide bonds. The monoisotopic (exact) mass is 283 g/mol. The average Bonchev–Trinajstić information content (AvgIpc) is 3.15. The van der Waals surface area contributed by atoms with Crippen molar-refractivity contribution in [1.29, 1.82) is 0 Å². The molecule has 108 valence electrons. The van der Waals surface area contributed by atoms with E-state index in [1.807, 2.05) is 41.2 Å². The van der Waals surface area contributed by atoms with Crippen LogP contribution in [0.1, 0.15) is 23.2 Å². The zero-order valence-corrected chi connectivity index (χ0v) is 11.6. The molecule has 1 fully saturated rings. The molecule has 0 unspecified atom stereocenters. The minimum atomic E-state index is -0.236. The highest BCUT2D eigenvalue weighted by Gasteiger charge is 2.23. The van der Waals surface area contributed by atoms with Gasteiger partial charge in [0, 0.05) is 29.7 Å². The molecule has 2 N–H and O–H groups in total. The number of amides is 2. The number of nitrogens with zero attached hydrogens (tertiary/aromatic N) is 1. The normalized spacial score (nSPS) is 13.7. The van der Waals surface area contributed by atoms with E-state index < -0.39 is 0 Å². The third-order valence-corrected chi connectivity index (χ3v) is 3.38. The zero-order chi connectivity index (χ0) is 14.7. The predicted molar refractivity (Wildman–Crippen MR) is 79.3 cm³/mol. The summed E-state index contributed by atoms with van der Waals surface area (Å²) in [7, 11) is 0. The summed E-state index contributed by atoms with van der Waals surface area (Å²) in [6.45, 7) is 0.0225. The molecule has 1 aromatic heterocycles. The van der Waals surface area contributed by atoms with E-state index in [1.165, 1.54) is 0 Å². The molecule has 0 aliphatic heterocycles. The molecule has 21 heavy (non-hydrogen) atoms. The summed E-state index contributed by atoms with van der Waals surface area (Å²) in [5.41, 5.74) is 1.54. The number of rotatable bonds is 5. The quantitative estimate of drug-likeness (QED) is 0.873. The average molecular weight is 283 g/mol. The van der Waals surface area contributed by atoms with Crippen LogP contribution >= 0.6 is 0 Å². The molecular formula is C16H17N3O2. The second kappa shape index (κ2) is 5.83. The fourth-order valence-electron chi connectivity index (χ4n) is 2.06. The Kier molecular flexibility index (Phi) is 3.73. The SMILES string of the molecule is O=C(CNC(=O)c1ccc(-n2cccc2)cc1)NC1CC1. The summed E-state index contributed by atoms with van der Waals surface area (Å²) >= 11 is 0. The summed E-state index contributed by atoms with van der Waals surface area (Å²) < 4.78 is 1.96. The number of hydrogen-bond donors (Lipinski definition) is 2. The fraction of sp³-hybridized carbons (Fsp3) is 0.250. The Bertz CT molecular complexity index is 628. The van der Waals surface area contributed by atoms with E-state index >= 15 is 0 Å². The van der Waals surface area contributed by atoms with Gasteiger partial charge in [-0.15, -0.1) is 0 Å². The first-order valence-electron chi connectivity index (χ1n) is 7.03. The zero-order valence-electron chi connectivity index (χ0n) is 11.6. The van der Waals surface area contributed by atoms with E-state index in [9.17, 15) is 9.59 Å². The van der Waals surface area contributed by atoms with Crippen LogP contribution in [0, 0.1) is 0 Å². The molecule has 5 nitrogen and oxygen atoms in total. The van der Waals surface area contributed by atoms with Gasteiger partial charge in [0.15, 0.2) is 0 Å². The molecule has 1 saturated carbocycles. The van der Waals surface area contributed by atoms with E-state index in [0.717, 1.165) is 18.5 Å². The first kappa shape index (κ1) is 13.4. The number of carbonyl (C=O) groups is 2. The van der Waals surface area contributed by atoms with Gasteiger partial charge in [-0.1, -0.05) is 0 Å². The van der Waals surface area contributed by atoms with Gasteiger partial charge in [0.05, 0.1) is 6.54 Å². The van der Waals surface area contributed by atoms with Gasteiger partial charge in [0.2, 0.25) is 5.91 Å². The molecule has 5 heteroatoms. The van der Waals surface area contributed by atoms with Gasteiger partial charge in [-0.25, -0.2) is 0 Å². The van der Waals surface area contributed by atoms with Crippen LogP contribution in [0.15, 0.2) is 48.8 Å². The molecular weight excluding hydrogens is 266 g/mol. The molecule has 1 aliphatic carbocycles. The van der Waals surface area contributed by atoms with Crippen molar-refractivity contribution in [3.05, 3.63) is 54.4 Å². The van der Waals surface area contributed by atoms with Crippen LogP contribution < -0.4 is 10.6 Å². The topological polar surface area (TPSA) is 63.1 Å². The Hall–Kier alpha value is -2.56. The molecule has 1 heterocycles. The summed E-state index contributed by atoms with van der Waals surface area (Å²) in [5.74, 6) is -0.366. The first-order chi connectivity index (χ1) is 10.2. The Morgan fingerprint density at radius 3 is 2.38 bits per heavy atom. The van der Waals surface area contributed by atoms with Crippen molar-refractivity contribution in [2.75, 3.05) is 6.54 Å². The molecule has 1 aliphatic rings. The van der Waals surface area contributed by atoms with Crippen LogP contribution in [0.25, 0.3) is 5.69 Å². The van der Waals surface area contributed by atoms with Crippen LogP contribution in [-0.2, 0) is 4.79 Å². The predicted octanol–water partition coefficient (Wildman–Crippen LogP) is 1.49. The fourth-order valence-corrected chi connectivity index (χ4v) is 2.06. The summed E-state index contributed by atoms with van der Waals surface area (Å²) in [6, 6.07) is 11.5. The van der Waals surface area contributed by atoms with Crippen molar-refractivity contribution >= 4 is 11.8 Å². The minimum Gasteiger partial charge on any atom is -0.352 e. The number of aromatic nitrogens is 1. The highest BCUT2D eigenvalue weighted by atomic mass is 16.2. The molecule has 0 saturated heterocycles. The number of nitrogens with one attached hydrogen (secondary N) is 2. The highest BCUT2D eigenvalue weighted by molar-refractivity contribution is 5.96. The number of carbonyl (C=O) groups excluding carboxylic acids is 2. The van der Waals surface area contributed by atoms with Gasteiger partial charge in [-0.3, -0.25) is 9.59 Å². The highest BCUT2D eigenvalue weighted by Crippen LogP contribution is 2.18. The maximum Gasteiger partial charge on any atom is 0.251 e. The largest absolute Gasteiger partial charge is 0.352 e. The Morgan fingerprint density at radius 2 is 1.76 bits per heavy atom. The van der Waals surface area contributed by atoms with E-state index in [-0.39, 0.29) is 18.4 Å². The van der Waals surface area contributed by atoms with Gasteiger partial charge in [-0.05, 0) is 49.2 Å². The van der Waals surface area contributed by atoms with Crippen molar-refractivity contribution in [3.63, 3.8) is 0 Å². The second-order valence-electron chi connectivity index (χ2n) is 5.16. The van der Waals surface area contributed by atoms with Crippen LogP contribution in [-0.4, -0.2) is 29.0 Å². The molecule has 2 aromatic rings. The first-order valence-corrected chi connectivity index (χ1v) is 7.03. The van der Waals surface area contributed by atoms with Crippen LogP contribution in [0.4, 0.5) is 0 Å². The summed E-state index contributed by atoms with van der Waals surface area (Å²) in [6.07, 6.45) is 5.97. The maximum atomic E-state index is 12.0. The Labute approximate surface area is 123 Å². The summed E-state index contributed by atoms with van der Waals surface area (Å²) in [5, 5.41) is 5.46. The third-order valence-electron chi connectivity index (χ3n) is 3.38. The van der Waals surface area contributed by atoms with Crippen LogP contribution in [0.5, 0.6) is 0 Å². The van der Waals surface area contributed by atoms with E-state index in [0.29, 0.717) is 11.6 Å². The second-order valence-corrected chi connectivity index (χ2v) is 5.16. The number of hydrogen-bond acceptors (Lipinski definition) is 2. The Morgan fingerprint density at radius 1 is 1.10 bits per heavy atom. The van der Waals surface area contributed by atoms with Gasteiger partial charge in [0.25, 0.3) is 5.91 Å². The van der Waals surface area contributed by atoms with Crippen LogP contribution in [0.2, 0.25) is 0 Å². The van der Waals surface area contributed by atoms with Crippen LogP contribution in [0.3, 0.4) is 0 Å². The molecule has 3 rings (SSSR count). The lowest BCUT2D eigenvalue weighted by molar-refractivity contribution is -0.120. The lowest BCUT2D eigenvalue weighted by atomic mass is 10.2. The van der Waals surface area contributed by atoms with Crippen molar-refractivity contribution in [1.82, 2.24) is 15.2 Å². The van der Waals surface area contributed by atoms with Crippen molar-refractivity contribution in [3.8, 4) is 5.69 Å². The molecule has 0 radical (unpaired) electrons. The smallest absolute Gasteiger partial charge is 0.251 e. The minimum absolute atomic E-state index is 0.0225. The molecule has 1 aromatic carbocycles. The van der Waals surface area contributed by atoms with E-state index in [4.69, 9.17) is 0 Å². The summed E-state index contributed by atoms with van der Waals surface area (Å²) in [4.78, 5) is 23.5. The van der Waals surface area contributed by atoms with Gasteiger partial charge in [0.1, 0.15) is 0 Å². The van der Waals surface area contributed by atoms with Crippen molar-refractivity contribution in [2.24, 2.45) is 0 Å². The van der Waals surface area contributed by atoms with Crippen molar-refractivity contribution in [2.45, 2.75) is 18.9 Å².